The first-order chi connectivity index (χ1) is 50.1. The van der Waals surface area contributed by atoms with E-state index in [1.807, 2.05) is 0 Å². The minimum absolute atomic E-state index is 0.0306. The fourth-order valence-electron chi connectivity index (χ4n) is 10.7. The van der Waals surface area contributed by atoms with Gasteiger partial charge in [-0.15, -0.1) is 46.4 Å². The third-order valence-corrected chi connectivity index (χ3v) is 16.9. The Bertz CT molecular complexity index is 4650. The molecule has 38 heteroatoms. The first-order valence-electron chi connectivity index (χ1n) is 31.5. The molecule has 0 aliphatic carbocycles. The number of hydrogen-bond acceptors (Lipinski definition) is 24. The van der Waals surface area contributed by atoms with Gasteiger partial charge in [0, 0.05) is 37.8 Å². The number of aromatic nitrogens is 12. The maximum absolute atomic E-state index is 13.1. The van der Waals surface area contributed by atoms with Gasteiger partial charge in [-0.2, -0.15) is 9.97 Å². The van der Waals surface area contributed by atoms with Crippen molar-refractivity contribution in [1.29, 1.82) is 0 Å². The Morgan fingerprint density at radius 1 is 0.558 bits per heavy atom. The third-order valence-electron chi connectivity index (χ3n) is 16.0. The molecule has 0 radical (unpaired) electrons. The summed E-state index contributed by atoms with van der Waals surface area (Å²) < 4.78 is 93.2. The fourth-order valence-corrected chi connectivity index (χ4v) is 11.0. The molecule has 0 saturated carbocycles. The minimum Gasteiger partial charge on any atom is -0.409 e. The molecule has 0 bridgehead atoms. The maximum Gasteiger partial charge on any atom is 0.349 e. The number of nitrogens with two attached hydrogens (primary N) is 2. The summed E-state index contributed by atoms with van der Waals surface area (Å²) in [5, 5.41) is 23.0. The normalized spacial score (nSPS) is 19.8. The van der Waals surface area contributed by atoms with Crippen LogP contribution >= 0.6 is 46.4 Å². The molecule has 550 valence electrons. The highest BCUT2D eigenvalue weighted by molar-refractivity contribution is 6.29. The summed E-state index contributed by atoms with van der Waals surface area (Å²) in [4.78, 5) is 86.6. The Morgan fingerprint density at radius 3 is 1.39 bits per heavy atom. The Labute approximate surface area is 607 Å². The lowest BCUT2D eigenvalue weighted by Crippen LogP contribution is -2.24. The number of benzene rings is 4. The average molecular weight is 1530 g/mol. The number of carbonyl (C=O) groups is 3. The SMILES string of the molecule is Cn1cnc2nc[nH]c(=O)c21.Cn1cnc2ncn(Cc3nc([C@@H]4CO[C@@H](c5ccc(F)cc5)C4)no3)c(=O)c21.Fc1ccc([C@H]2C[C@H](c3noc(CCl)n3)CO2)cc1.N/C(=N/OC(=O)CCl)[C@@H]1CO[C@@H](c2ccc(F)cc2)C1.N/C(=N\O)[C@@H]1CO[C@@H](c2ccc(F)cc2)C1.O=C(CCl)OC(=O)CCl. The standard InChI is InChI=1S/C19H17FN6O3.C13H14ClFN2O3.C13H12ClFN2O2.C11H13FN2O2.C6H6N4O.C4H4Cl2O3/c1-25-9-21-18-16(25)19(27)26(10-22-18)7-15-23-17(24-29-15)12-6-14(28-8-12)11-2-4-13(20)5-3-11;14-6-12(18)20-17-13(16)9-5-11(19-7-9)8-1-3-10(15)4-2-8;14-6-12-16-13(17-19-12)9-5-11(18-7-9)8-1-3-10(15)4-2-8;12-9-3-1-7(2-4-9)10-5-8(6-16-10)11(13)14-15;1-10-3-9-5-4(10)6(11)8-2-7-5;5-1-3(7)9-4(8)2-6/h2-5,9-10,12,14H,6-8H2,1H3;1-4,9,11H,5-7H2,(H2,16,17);1-4,9,11H,5-7H2;1-4,8,10,15H,5-6H2,(H2,13,14);2-3H,1H3,(H,7,8,11);1-2H2/t12-,14+;2*9-,11+;8-,10+;;/m0000../s1. The number of ether oxygens (including phenoxy) is 5. The largest absolute Gasteiger partial charge is 0.409 e. The van der Waals surface area contributed by atoms with Crippen molar-refractivity contribution >= 4 is 98.3 Å². The van der Waals surface area contributed by atoms with Crippen LogP contribution in [0.15, 0.2) is 151 Å². The highest BCUT2D eigenvalue weighted by Crippen LogP contribution is 2.39. The molecule has 6 aromatic heterocycles. The minimum atomic E-state index is -0.776. The summed E-state index contributed by atoms with van der Waals surface area (Å²) in [6.07, 6.45) is 8.09. The first kappa shape index (κ1) is 78.1. The van der Waals surface area contributed by atoms with Crippen molar-refractivity contribution in [2.24, 2.45) is 47.7 Å². The molecule has 4 fully saturated rings. The van der Waals surface area contributed by atoms with Crippen molar-refractivity contribution < 1.29 is 74.7 Å². The smallest absolute Gasteiger partial charge is 0.349 e. The van der Waals surface area contributed by atoms with E-state index in [4.69, 9.17) is 91.1 Å². The van der Waals surface area contributed by atoms with Crippen molar-refractivity contribution in [3.8, 4) is 0 Å². The summed E-state index contributed by atoms with van der Waals surface area (Å²) in [5.74, 6) is -1.92. The van der Waals surface area contributed by atoms with E-state index in [9.17, 15) is 41.5 Å². The fraction of sp³-hybridized carbons (Fsp3) is 0.348. The van der Waals surface area contributed by atoms with E-state index in [1.165, 1.54) is 65.8 Å². The molecule has 0 unspecified atom stereocenters. The Morgan fingerprint density at radius 2 is 0.962 bits per heavy atom. The number of halogens is 8. The van der Waals surface area contributed by atoms with Crippen molar-refractivity contribution in [2.75, 3.05) is 44.1 Å². The van der Waals surface area contributed by atoms with Crippen LogP contribution in [0.25, 0.3) is 22.3 Å². The van der Waals surface area contributed by atoms with Crippen LogP contribution < -0.4 is 22.6 Å². The highest BCUT2D eigenvalue weighted by Gasteiger charge is 2.34. The van der Waals surface area contributed by atoms with Gasteiger partial charge in [0.1, 0.15) is 71.3 Å². The van der Waals surface area contributed by atoms with Gasteiger partial charge in [-0.1, -0.05) is 69.2 Å². The number of nitrogens with one attached hydrogen (secondary N) is 1. The number of carbonyl (C=O) groups excluding carboxylic acids is 3. The lowest BCUT2D eigenvalue weighted by atomic mass is 10.00. The van der Waals surface area contributed by atoms with E-state index >= 15 is 0 Å². The summed E-state index contributed by atoms with van der Waals surface area (Å²) >= 11 is 20.9. The van der Waals surface area contributed by atoms with Crippen LogP contribution in [0.2, 0.25) is 0 Å². The van der Waals surface area contributed by atoms with E-state index in [-0.39, 0.29) is 124 Å². The number of imidazole rings is 2. The molecule has 4 aliphatic heterocycles. The maximum atomic E-state index is 13.1. The molecule has 0 spiro atoms. The Kier molecular flexibility index (Phi) is 28.5. The number of rotatable bonds is 15. The zero-order valence-electron chi connectivity index (χ0n) is 55.1. The number of H-pyrrole nitrogens is 1. The van der Waals surface area contributed by atoms with Crippen LogP contribution in [0.3, 0.4) is 0 Å². The molecule has 10 aromatic rings. The van der Waals surface area contributed by atoms with Crippen LogP contribution in [0.4, 0.5) is 17.6 Å². The van der Waals surface area contributed by atoms with Crippen LogP contribution in [0, 0.1) is 35.1 Å². The molecule has 104 heavy (non-hydrogen) atoms. The van der Waals surface area contributed by atoms with Crippen molar-refractivity contribution in [3.05, 3.63) is 212 Å². The molecule has 14 rings (SSSR count). The monoisotopic (exact) mass is 1520 g/mol. The molecular formula is C66H66Cl4F4N16O14. The van der Waals surface area contributed by atoms with Gasteiger partial charge in [-0.3, -0.25) is 23.7 Å². The predicted molar refractivity (Wildman–Crippen MR) is 365 cm³/mol. The molecule has 30 nitrogen and oxygen atoms in total. The lowest BCUT2D eigenvalue weighted by molar-refractivity contribution is -0.156. The summed E-state index contributed by atoms with van der Waals surface area (Å²) in [7, 11) is 3.50. The third kappa shape index (κ3) is 21.5. The van der Waals surface area contributed by atoms with Gasteiger partial charge in [0.2, 0.25) is 11.8 Å². The van der Waals surface area contributed by atoms with Crippen LogP contribution in [-0.4, -0.2) is 138 Å². The first-order valence-corrected chi connectivity index (χ1v) is 33.6. The summed E-state index contributed by atoms with van der Waals surface area (Å²) in [5.41, 5.74) is 16.3. The van der Waals surface area contributed by atoms with E-state index in [1.54, 1.807) is 84.4 Å². The van der Waals surface area contributed by atoms with Gasteiger partial charge < -0.3 is 68.4 Å². The number of hydrogen-bond donors (Lipinski definition) is 4. The number of oxime groups is 2. The molecule has 0 amide bonds. The molecule has 8 atom stereocenters. The number of fused-ring (bicyclic) bond motifs is 2. The second-order valence-corrected chi connectivity index (χ2v) is 24.2. The zero-order chi connectivity index (χ0) is 74.4. The number of amidine groups is 2. The van der Waals surface area contributed by atoms with Gasteiger partial charge in [0.15, 0.2) is 34.0 Å². The summed E-state index contributed by atoms with van der Waals surface area (Å²) in [6, 6.07) is 24.9. The van der Waals surface area contributed by atoms with Crippen LogP contribution in [0.5, 0.6) is 0 Å². The number of esters is 2. The number of alkyl halides is 4. The topological polar surface area (TPSA) is 398 Å². The van der Waals surface area contributed by atoms with Gasteiger partial charge in [-0.25, -0.2) is 42.3 Å². The molecule has 4 saturated heterocycles. The van der Waals surface area contributed by atoms with E-state index < -0.39 is 17.9 Å². The predicted octanol–water partition coefficient (Wildman–Crippen LogP) is 8.94. The van der Waals surface area contributed by atoms with Crippen molar-refractivity contribution in [1.82, 2.24) is 58.9 Å². The molecule has 4 aliphatic rings. The average Bonchev–Trinajstić information content (AvgIpc) is 1.61. The van der Waals surface area contributed by atoms with Gasteiger partial charge in [0.25, 0.3) is 11.1 Å². The molecule has 6 N–H and O–H groups in total. The van der Waals surface area contributed by atoms with E-state index in [2.05, 4.69) is 65.1 Å². The van der Waals surface area contributed by atoms with Gasteiger partial charge in [0.05, 0.1) is 69.8 Å². The van der Waals surface area contributed by atoms with E-state index in [0.717, 1.165) is 28.7 Å². The number of aryl methyl sites for hydroxylation is 2. The molecule has 4 aromatic carbocycles. The zero-order valence-corrected chi connectivity index (χ0v) is 58.1. The Hall–Kier alpha value is -10.1. The van der Waals surface area contributed by atoms with Crippen LogP contribution in [-0.2, 0) is 69.4 Å². The van der Waals surface area contributed by atoms with E-state index in [0.29, 0.717) is 91.4 Å². The Balaban J connectivity index is 0.000000150. The van der Waals surface area contributed by atoms with Gasteiger partial charge in [-0.05, 0) is 96.5 Å². The second-order valence-electron chi connectivity index (χ2n) is 23.2. The quantitative estimate of drug-likeness (QED) is 0.00855. The van der Waals surface area contributed by atoms with Gasteiger partial charge >= 0.3 is 17.9 Å². The van der Waals surface area contributed by atoms with Crippen LogP contribution in [0.1, 0.15) is 108 Å². The summed E-state index contributed by atoms with van der Waals surface area (Å²) in [6.45, 7) is 1.90. The second kappa shape index (κ2) is 37.9. The van der Waals surface area contributed by atoms with Crippen molar-refractivity contribution in [3.63, 3.8) is 0 Å². The lowest BCUT2D eigenvalue weighted by Gasteiger charge is -2.09. The molecule has 10 heterocycles. The number of aromatic amines is 1. The van der Waals surface area contributed by atoms with Crippen molar-refractivity contribution in [2.45, 2.75) is 74.4 Å². The number of nitrogens with zero attached hydrogens (tertiary/aromatic N) is 13. The molecular weight excluding hydrogens is 1460 g/mol. The highest BCUT2D eigenvalue weighted by atomic mass is 35.5.